The molecule has 1 saturated heterocycles. The molecule has 170 valence electrons. The Morgan fingerprint density at radius 2 is 1.64 bits per heavy atom. The molecule has 0 aliphatic carbocycles. The molecule has 3 heterocycles. The van der Waals surface area contributed by atoms with Crippen molar-refractivity contribution in [3.63, 3.8) is 0 Å². The van der Waals surface area contributed by atoms with E-state index in [9.17, 15) is 9.59 Å². The molecule has 0 radical (unpaired) electrons. The molecular weight excluding hydrogens is 416 g/mol. The van der Waals surface area contributed by atoms with Gasteiger partial charge in [-0.2, -0.15) is 0 Å². The minimum Gasteiger partial charge on any atom is -0.370 e. The summed E-state index contributed by atoms with van der Waals surface area (Å²) < 4.78 is 1.57. The molecule has 8 nitrogen and oxygen atoms in total. The number of hydrogen-bond donors (Lipinski definition) is 3. The number of nitrogens with one attached hydrogen (secondary N) is 3. The molecule has 0 saturated carbocycles. The normalized spacial score (nSPS) is 14.6. The minimum atomic E-state index is -0.242. The number of imidazole rings is 1. The van der Waals surface area contributed by atoms with Crippen molar-refractivity contribution in [2.45, 2.75) is 40.0 Å². The predicted octanol–water partition coefficient (Wildman–Crippen LogP) is 4.00. The second-order valence-electron chi connectivity index (χ2n) is 8.85. The van der Waals surface area contributed by atoms with E-state index >= 15 is 0 Å². The molecule has 2 aromatic carbocycles. The van der Waals surface area contributed by atoms with Crippen molar-refractivity contribution in [2.75, 3.05) is 18.0 Å². The molecule has 3 N–H and O–H groups in total. The van der Waals surface area contributed by atoms with E-state index in [1.165, 1.54) is 6.42 Å². The van der Waals surface area contributed by atoms with Crippen molar-refractivity contribution >= 4 is 28.6 Å². The van der Waals surface area contributed by atoms with Gasteiger partial charge in [0.15, 0.2) is 0 Å². The summed E-state index contributed by atoms with van der Waals surface area (Å²) in [7, 11) is 0. The van der Waals surface area contributed by atoms with Crippen molar-refractivity contribution in [3.8, 4) is 5.69 Å². The van der Waals surface area contributed by atoms with Gasteiger partial charge in [0.05, 0.1) is 33.7 Å². The van der Waals surface area contributed by atoms with E-state index in [1.807, 2.05) is 45.0 Å². The third-order valence-electron chi connectivity index (χ3n) is 6.35. The minimum absolute atomic E-state index is 0.140. The fourth-order valence-electron chi connectivity index (χ4n) is 4.62. The SMILES string of the molecule is Cc1ccc(-n2[nH]c(C)c(C=Nc3cc4[nH]c(=O)[nH]c4cc3N3CCCCC3)c2=O)c(C)c1. The van der Waals surface area contributed by atoms with Crippen LogP contribution in [-0.2, 0) is 0 Å². The maximum absolute atomic E-state index is 13.2. The molecule has 33 heavy (non-hydrogen) atoms. The summed E-state index contributed by atoms with van der Waals surface area (Å²) in [6.07, 6.45) is 5.11. The first-order chi connectivity index (χ1) is 15.9. The number of aliphatic imine (C=N–C) groups is 1. The van der Waals surface area contributed by atoms with Gasteiger partial charge >= 0.3 is 5.69 Å². The van der Waals surface area contributed by atoms with Crippen molar-refractivity contribution in [3.05, 3.63) is 73.6 Å². The Bertz CT molecular complexity index is 1480. The highest BCUT2D eigenvalue weighted by atomic mass is 16.1. The van der Waals surface area contributed by atoms with Crippen LogP contribution in [-0.4, -0.2) is 39.1 Å². The molecule has 0 spiro atoms. The second-order valence-corrected chi connectivity index (χ2v) is 8.85. The zero-order valence-electron chi connectivity index (χ0n) is 19.2. The predicted molar refractivity (Wildman–Crippen MR) is 133 cm³/mol. The molecule has 2 aromatic heterocycles. The highest BCUT2D eigenvalue weighted by Gasteiger charge is 2.17. The van der Waals surface area contributed by atoms with Gasteiger partial charge in [0.2, 0.25) is 0 Å². The third kappa shape index (κ3) is 3.92. The van der Waals surface area contributed by atoms with Crippen LogP contribution in [0.1, 0.15) is 41.6 Å². The summed E-state index contributed by atoms with van der Waals surface area (Å²) in [4.78, 5) is 37.8. The van der Waals surface area contributed by atoms with Crippen LogP contribution in [0.3, 0.4) is 0 Å². The summed E-state index contributed by atoms with van der Waals surface area (Å²) >= 11 is 0. The highest BCUT2D eigenvalue weighted by Crippen LogP contribution is 2.33. The molecule has 0 bridgehead atoms. The van der Waals surface area contributed by atoms with E-state index in [0.29, 0.717) is 11.1 Å². The molecule has 0 atom stereocenters. The number of nitrogens with zero attached hydrogens (tertiary/aromatic N) is 3. The van der Waals surface area contributed by atoms with Crippen LogP contribution in [0.5, 0.6) is 0 Å². The molecule has 0 amide bonds. The van der Waals surface area contributed by atoms with Gasteiger partial charge in [0.25, 0.3) is 5.56 Å². The van der Waals surface area contributed by atoms with Crippen molar-refractivity contribution in [1.82, 2.24) is 19.7 Å². The molecular formula is C25H28N6O2. The summed E-state index contributed by atoms with van der Waals surface area (Å²) in [6, 6.07) is 9.86. The standard InChI is InChI=1S/C25H28N6O2/c1-15-7-8-22(16(2)11-15)31-24(32)18(17(3)29-31)14-26-21-12-19-20(28-25(33)27-19)13-23(21)30-9-5-4-6-10-30/h7-8,11-14,29H,4-6,9-10H2,1-3H3,(H2,27,28,33). The lowest BCUT2D eigenvalue weighted by Crippen LogP contribution is -2.29. The van der Waals surface area contributed by atoms with Crippen LogP contribution in [0.25, 0.3) is 16.7 Å². The molecule has 1 aliphatic heterocycles. The van der Waals surface area contributed by atoms with Gasteiger partial charge in [0.1, 0.15) is 0 Å². The highest BCUT2D eigenvalue weighted by molar-refractivity contribution is 5.91. The van der Waals surface area contributed by atoms with E-state index in [4.69, 9.17) is 4.99 Å². The van der Waals surface area contributed by atoms with Crippen LogP contribution in [0.15, 0.2) is 44.9 Å². The first-order valence-corrected chi connectivity index (χ1v) is 11.3. The van der Waals surface area contributed by atoms with Gasteiger partial charge in [-0.15, -0.1) is 0 Å². The average molecular weight is 445 g/mol. The fourth-order valence-corrected chi connectivity index (χ4v) is 4.62. The Hall–Kier alpha value is -3.81. The lowest BCUT2D eigenvalue weighted by Gasteiger charge is -2.29. The van der Waals surface area contributed by atoms with E-state index in [0.717, 1.165) is 65.3 Å². The first kappa shape index (κ1) is 21.1. The van der Waals surface area contributed by atoms with Crippen molar-refractivity contribution in [2.24, 2.45) is 4.99 Å². The summed E-state index contributed by atoms with van der Waals surface area (Å²) in [5, 5.41) is 3.19. The molecule has 8 heteroatoms. The summed E-state index contributed by atoms with van der Waals surface area (Å²) in [5.74, 6) is 0. The number of fused-ring (bicyclic) bond motifs is 1. The van der Waals surface area contributed by atoms with E-state index < -0.39 is 0 Å². The van der Waals surface area contributed by atoms with Crippen LogP contribution in [0.2, 0.25) is 0 Å². The Morgan fingerprint density at radius 3 is 2.36 bits per heavy atom. The van der Waals surface area contributed by atoms with Crippen LogP contribution < -0.4 is 16.1 Å². The molecule has 0 unspecified atom stereocenters. The van der Waals surface area contributed by atoms with Crippen LogP contribution in [0.4, 0.5) is 11.4 Å². The maximum atomic E-state index is 13.2. The van der Waals surface area contributed by atoms with Gasteiger partial charge in [0, 0.05) is 25.0 Å². The molecule has 4 aromatic rings. The number of aromatic amines is 3. The third-order valence-corrected chi connectivity index (χ3v) is 6.35. The zero-order valence-corrected chi connectivity index (χ0v) is 19.2. The van der Waals surface area contributed by atoms with Gasteiger partial charge in [-0.05, 0) is 63.8 Å². The Kier molecular flexibility index (Phi) is 5.28. The quantitative estimate of drug-likeness (QED) is 0.415. The second kappa shape index (κ2) is 8.27. The number of hydrogen-bond acceptors (Lipinski definition) is 4. The van der Waals surface area contributed by atoms with Gasteiger partial charge in [-0.3, -0.25) is 14.9 Å². The number of benzene rings is 2. The number of rotatable bonds is 4. The summed E-state index contributed by atoms with van der Waals surface area (Å²) in [5.41, 5.74) is 7.05. The molecule has 1 fully saturated rings. The van der Waals surface area contributed by atoms with E-state index in [-0.39, 0.29) is 11.2 Å². The number of aromatic nitrogens is 4. The Labute approximate surface area is 191 Å². The lowest BCUT2D eigenvalue weighted by atomic mass is 10.1. The first-order valence-electron chi connectivity index (χ1n) is 11.3. The molecule has 5 rings (SSSR count). The Balaban J connectivity index is 1.58. The van der Waals surface area contributed by atoms with Crippen LogP contribution >= 0.6 is 0 Å². The number of H-pyrrole nitrogens is 3. The van der Waals surface area contributed by atoms with Gasteiger partial charge in [-0.25, -0.2) is 9.48 Å². The lowest BCUT2D eigenvalue weighted by molar-refractivity contribution is 0.578. The van der Waals surface area contributed by atoms with Crippen LogP contribution in [0, 0.1) is 20.8 Å². The zero-order chi connectivity index (χ0) is 23.1. The molecule has 1 aliphatic rings. The monoisotopic (exact) mass is 444 g/mol. The van der Waals surface area contributed by atoms with Crippen molar-refractivity contribution in [1.29, 1.82) is 0 Å². The van der Waals surface area contributed by atoms with Gasteiger partial charge < -0.3 is 14.9 Å². The average Bonchev–Trinajstić information content (AvgIpc) is 3.29. The maximum Gasteiger partial charge on any atom is 0.323 e. The number of piperidine rings is 1. The van der Waals surface area contributed by atoms with Crippen molar-refractivity contribution < 1.29 is 0 Å². The van der Waals surface area contributed by atoms with E-state index in [2.05, 4.69) is 26.0 Å². The smallest absolute Gasteiger partial charge is 0.323 e. The van der Waals surface area contributed by atoms with Gasteiger partial charge in [-0.1, -0.05) is 17.7 Å². The largest absolute Gasteiger partial charge is 0.370 e. The topological polar surface area (TPSA) is 102 Å². The fraction of sp³-hybridized carbons (Fsp3) is 0.320. The Morgan fingerprint density at radius 1 is 0.909 bits per heavy atom. The number of anilines is 1. The number of aryl methyl sites for hydroxylation is 3. The van der Waals surface area contributed by atoms with E-state index in [1.54, 1.807) is 10.9 Å². The summed E-state index contributed by atoms with van der Waals surface area (Å²) in [6.45, 7) is 7.81.